The molecule has 0 N–H and O–H groups in total. The number of carbonyl (C=O) groups is 1. The Hall–Kier alpha value is -1.00. The van der Waals surface area contributed by atoms with Crippen LogP contribution in [0.5, 0.6) is 0 Å². The third kappa shape index (κ3) is 7.25. The van der Waals surface area contributed by atoms with Crippen LogP contribution in [0.15, 0.2) is 4.99 Å². The molecule has 0 saturated heterocycles. The van der Waals surface area contributed by atoms with Crippen molar-refractivity contribution in [2.24, 2.45) is 28.7 Å². The summed E-state index contributed by atoms with van der Waals surface area (Å²) in [7, 11) is 0. The van der Waals surface area contributed by atoms with E-state index in [2.05, 4.69) is 18.6 Å². The standard InChI is InChI=1S/C27H45F2NO2/c1-3-4-5-6-7-8-19-9-11-20(12-10-19)21-13-15-22(16-14-21)27(31)32-23-17-24(28)26(30-2)25(29)18-23/h19-26H,2-18H2,1H3. The predicted octanol–water partition coefficient (Wildman–Crippen LogP) is 7.41. The van der Waals surface area contributed by atoms with E-state index in [4.69, 9.17) is 4.74 Å². The number of alkyl halides is 2. The molecule has 3 nitrogen and oxygen atoms in total. The van der Waals surface area contributed by atoms with Gasteiger partial charge in [0.2, 0.25) is 0 Å². The highest BCUT2D eigenvalue weighted by atomic mass is 19.1. The molecule has 0 amide bonds. The predicted molar refractivity (Wildman–Crippen MR) is 127 cm³/mol. The largest absolute Gasteiger partial charge is 0.462 e. The summed E-state index contributed by atoms with van der Waals surface area (Å²) in [6, 6.07) is -1.02. The summed E-state index contributed by atoms with van der Waals surface area (Å²) in [5.41, 5.74) is 0. The number of rotatable bonds is 10. The Morgan fingerprint density at radius 2 is 1.44 bits per heavy atom. The van der Waals surface area contributed by atoms with Crippen LogP contribution in [-0.2, 0) is 9.53 Å². The normalized spacial score (nSPS) is 38.2. The molecular formula is C27H45F2NO2. The topological polar surface area (TPSA) is 38.7 Å². The summed E-state index contributed by atoms with van der Waals surface area (Å²) in [6.07, 6.45) is 14.3. The maximum Gasteiger partial charge on any atom is 0.309 e. The first kappa shape index (κ1) is 25.6. The van der Waals surface area contributed by atoms with Gasteiger partial charge in [-0.3, -0.25) is 9.79 Å². The molecule has 0 aliphatic heterocycles. The lowest BCUT2D eigenvalue weighted by Crippen LogP contribution is -2.43. The van der Waals surface area contributed by atoms with Gasteiger partial charge in [-0.2, -0.15) is 0 Å². The van der Waals surface area contributed by atoms with E-state index in [0.717, 1.165) is 43.4 Å². The van der Waals surface area contributed by atoms with E-state index in [0.29, 0.717) is 0 Å². The number of halogens is 2. The summed E-state index contributed by atoms with van der Waals surface area (Å²) in [5, 5.41) is 0. The molecule has 5 heteroatoms. The average Bonchev–Trinajstić information content (AvgIpc) is 2.79. The number of aliphatic imine (C=N–C) groups is 1. The Bertz CT molecular complexity index is 558. The summed E-state index contributed by atoms with van der Waals surface area (Å²) in [5.74, 6) is 2.15. The van der Waals surface area contributed by atoms with E-state index in [-0.39, 0.29) is 24.7 Å². The van der Waals surface area contributed by atoms with Crippen LogP contribution in [-0.4, -0.2) is 37.2 Å². The lowest BCUT2D eigenvalue weighted by Gasteiger charge is -2.38. The fraction of sp³-hybridized carbons (Fsp3) is 0.926. The van der Waals surface area contributed by atoms with E-state index < -0.39 is 24.5 Å². The van der Waals surface area contributed by atoms with Crippen LogP contribution < -0.4 is 0 Å². The minimum absolute atomic E-state index is 0.0348. The molecule has 0 aromatic carbocycles. The molecule has 3 saturated carbocycles. The van der Waals surface area contributed by atoms with Crippen molar-refractivity contribution in [3.8, 4) is 0 Å². The minimum Gasteiger partial charge on any atom is -0.462 e. The van der Waals surface area contributed by atoms with Crippen molar-refractivity contribution in [1.29, 1.82) is 0 Å². The van der Waals surface area contributed by atoms with Crippen LogP contribution in [0.4, 0.5) is 8.78 Å². The molecule has 3 aliphatic rings. The van der Waals surface area contributed by atoms with E-state index >= 15 is 0 Å². The van der Waals surface area contributed by atoms with Crippen molar-refractivity contribution in [3.63, 3.8) is 0 Å². The first-order chi connectivity index (χ1) is 15.5. The monoisotopic (exact) mass is 453 g/mol. The molecule has 32 heavy (non-hydrogen) atoms. The molecule has 3 aliphatic carbocycles. The van der Waals surface area contributed by atoms with Crippen LogP contribution in [0.3, 0.4) is 0 Å². The van der Waals surface area contributed by atoms with Gasteiger partial charge in [0.15, 0.2) is 0 Å². The number of esters is 1. The van der Waals surface area contributed by atoms with Crippen molar-refractivity contribution in [2.75, 3.05) is 0 Å². The second-order valence-electron chi connectivity index (χ2n) is 10.8. The van der Waals surface area contributed by atoms with Gasteiger partial charge in [0.1, 0.15) is 24.5 Å². The Kier molecular flexibility index (Phi) is 10.4. The van der Waals surface area contributed by atoms with Gasteiger partial charge in [-0.25, -0.2) is 8.78 Å². The molecule has 184 valence electrons. The number of hydrogen-bond acceptors (Lipinski definition) is 3. The molecule has 2 atom stereocenters. The summed E-state index contributed by atoms with van der Waals surface area (Å²) in [6.45, 7) is 5.55. The van der Waals surface area contributed by atoms with Crippen LogP contribution in [0.25, 0.3) is 0 Å². The van der Waals surface area contributed by atoms with Crippen molar-refractivity contribution < 1.29 is 18.3 Å². The lowest BCUT2D eigenvalue weighted by atomic mass is 9.68. The lowest BCUT2D eigenvalue weighted by molar-refractivity contribution is -0.159. The van der Waals surface area contributed by atoms with Crippen molar-refractivity contribution in [3.05, 3.63) is 0 Å². The number of unbranched alkanes of at least 4 members (excludes halogenated alkanes) is 4. The second-order valence-corrected chi connectivity index (χ2v) is 10.8. The molecule has 0 aromatic rings. The first-order valence-electron chi connectivity index (χ1n) is 13.5. The van der Waals surface area contributed by atoms with Gasteiger partial charge in [0.25, 0.3) is 0 Å². The van der Waals surface area contributed by atoms with Crippen molar-refractivity contribution >= 4 is 12.7 Å². The van der Waals surface area contributed by atoms with Crippen LogP contribution in [0, 0.1) is 23.7 Å². The number of carbonyl (C=O) groups excluding carboxylic acids is 1. The molecule has 0 radical (unpaired) electrons. The molecule has 3 fully saturated rings. The molecule has 3 rings (SSSR count). The van der Waals surface area contributed by atoms with E-state index in [1.54, 1.807) is 0 Å². The van der Waals surface area contributed by atoms with Gasteiger partial charge >= 0.3 is 5.97 Å². The quantitative estimate of drug-likeness (QED) is 0.196. The Morgan fingerprint density at radius 1 is 0.875 bits per heavy atom. The molecule has 0 heterocycles. The highest BCUT2D eigenvalue weighted by molar-refractivity contribution is 5.72. The Labute approximate surface area is 194 Å². The highest BCUT2D eigenvalue weighted by Gasteiger charge is 2.41. The average molecular weight is 454 g/mol. The van der Waals surface area contributed by atoms with Gasteiger partial charge in [-0.1, -0.05) is 58.3 Å². The van der Waals surface area contributed by atoms with Crippen molar-refractivity contribution in [1.82, 2.24) is 0 Å². The van der Waals surface area contributed by atoms with E-state index in [1.165, 1.54) is 64.2 Å². The molecular weight excluding hydrogens is 408 g/mol. The minimum atomic E-state index is -1.42. The zero-order valence-electron chi connectivity index (χ0n) is 20.2. The molecule has 0 aromatic heterocycles. The third-order valence-corrected chi connectivity index (χ3v) is 8.59. The highest BCUT2D eigenvalue weighted by Crippen LogP contribution is 2.43. The maximum absolute atomic E-state index is 14.1. The van der Waals surface area contributed by atoms with Gasteiger partial charge in [0, 0.05) is 12.8 Å². The summed E-state index contributed by atoms with van der Waals surface area (Å²) < 4.78 is 33.7. The fourth-order valence-electron chi connectivity index (χ4n) is 6.50. The Balaban J connectivity index is 1.32. The number of ether oxygens (including phenoxy) is 1. The molecule has 0 bridgehead atoms. The van der Waals surface area contributed by atoms with Gasteiger partial charge in [0.05, 0.1) is 5.92 Å². The molecule has 0 spiro atoms. The Morgan fingerprint density at radius 3 is 2.00 bits per heavy atom. The fourth-order valence-corrected chi connectivity index (χ4v) is 6.50. The smallest absolute Gasteiger partial charge is 0.309 e. The zero-order valence-corrected chi connectivity index (χ0v) is 20.2. The van der Waals surface area contributed by atoms with Gasteiger partial charge < -0.3 is 4.74 Å². The van der Waals surface area contributed by atoms with Crippen LogP contribution >= 0.6 is 0 Å². The maximum atomic E-state index is 14.1. The van der Waals surface area contributed by atoms with Gasteiger partial charge in [-0.05, 0) is 63.0 Å². The summed E-state index contributed by atoms with van der Waals surface area (Å²) >= 11 is 0. The third-order valence-electron chi connectivity index (χ3n) is 8.59. The van der Waals surface area contributed by atoms with Crippen LogP contribution in [0.1, 0.15) is 110 Å². The van der Waals surface area contributed by atoms with E-state index in [1.807, 2.05) is 0 Å². The first-order valence-corrected chi connectivity index (χ1v) is 13.5. The van der Waals surface area contributed by atoms with Crippen LogP contribution in [0.2, 0.25) is 0 Å². The SMILES string of the molecule is C=NC1C(F)CC(OC(=O)C2CCC(C3CCC(CCCCCCC)CC3)CC2)CC1F. The van der Waals surface area contributed by atoms with Crippen molar-refractivity contribution in [2.45, 2.75) is 134 Å². The van der Waals surface area contributed by atoms with Gasteiger partial charge in [-0.15, -0.1) is 0 Å². The second kappa shape index (κ2) is 13.0. The van der Waals surface area contributed by atoms with E-state index in [9.17, 15) is 13.6 Å². The number of hydrogen-bond donors (Lipinski definition) is 0. The zero-order chi connectivity index (χ0) is 22.9. The summed E-state index contributed by atoms with van der Waals surface area (Å²) in [4.78, 5) is 16.2. The number of nitrogens with zero attached hydrogens (tertiary/aromatic N) is 1. The molecule has 2 unspecified atom stereocenters.